The van der Waals surface area contributed by atoms with Crippen molar-refractivity contribution >= 4 is 21.6 Å². The predicted molar refractivity (Wildman–Crippen MR) is 97.5 cm³/mol. The third-order valence-electron chi connectivity index (χ3n) is 4.15. The molecule has 24 heavy (non-hydrogen) atoms. The number of amides is 1. The molecule has 0 aliphatic carbocycles. The van der Waals surface area contributed by atoms with Crippen LogP contribution in [-0.4, -0.2) is 43.8 Å². The highest BCUT2D eigenvalue weighted by Gasteiger charge is 2.23. The van der Waals surface area contributed by atoms with Gasteiger partial charge in [-0.2, -0.15) is 4.31 Å². The standard InChI is InChI=1S/C17H29N3O3S/c1-7-17(4,5)18-12-16(21)19-14-8-10-15(11-9-14)24(22,23)20(6)13(2)3/h8-11,13,18H,7,12H2,1-6H3,(H,19,21). The van der Waals surface area contributed by atoms with Crippen LogP contribution < -0.4 is 10.6 Å². The highest BCUT2D eigenvalue weighted by Crippen LogP contribution is 2.19. The average Bonchev–Trinajstić information content (AvgIpc) is 2.52. The summed E-state index contributed by atoms with van der Waals surface area (Å²) in [6.07, 6.45) is 0.913. The molecule has 0 saturated carbocycles. The van der Waals surface area contributed by atoms with Gasteiger partial charge in [-0.25, -0.2) is 8.42 Å². The Bertz CT molecular complexity index is 652. The second-order valence-corrected chi connectivity index (χ2v) is 8.78. The third-order valence-corrected chi connectivity index (χ3v) is 6.20. The maximum atomic E-state index is 12.4. The van der Waals surface area contributed by atoms with Crippen molar-refractivity contribution in [3.05, 3.63) is 24.3 Å². The van der Waals surface area contributed by atoms with Gasteiger partial charge in [0.15, 0.2) is 0 Å². The number of benzene rings is 1. The minimum absolute atomic E-state index is 0.100. The first-order chi connectivity index (χ1) is 11.0. The summed E-state index contributed by atoms with van der Waals surface area (Å²) >= 11 is 0. The number of carbonyl (C=O) groups excluding carboxylic acids is 1. The lowest BCUT2D eigenvalue weighted by atomic mass is 10.0. The number of hydrogen-bond acceptors (Lipinski definition) is 4. The summed E-state index contributed by atoms with van der Waals surface area (Å²) in [7, 11) is -1.96. The molecule has 1 amide bonds. The molecule has 136 valence electrons. The van der Waals surface area contributed by atoms with Crippen LogP contribution in [0.5, 0.6) is 0 Å². The SMILES string of the molecule is CCC(C)(C)NCC(=O)Nc1ccc(S(=O)(=O)N(C)C(C)C)cc1. The van der Waals surface area contributed by atoms with E-state index in [-0.39, 0.29) is 28.9 Å². The lowest BCUT2D eigenvalue weighted by molar-refractivity contribution is -0.115. The second kappa shape index (κ2) is 8.09. The number of anilines is 1. The molecule has 7 heteroatoms. The predicted octanol–water partition coefficient (Wildman–Crippen LogP) is 2.43. The van der Waals surface area contributed by atoms with Gasteiger partial charge < -0.3 is 10.6 Å². The van der Waals surface area contributed by atoms with E-state index in [0.717, 1.165) is 6.42 Å². The van der Waals surface area contributed by atoms with Crippen molar-refractivity contribution < 1.29 is 13.2 Å². The number of carbonyl (C=O) groups is 1. The highest BCUT2D eigenvalue weighted by atomic mass is 32.2. The molecule has 0 heterocycles. The maximum Gasteiger partial charge on any atom is 0.243 e. The van der Waals surface area contributed by atoms with Gasteiger partial charge >= 0.3 is 0 Å². The summed E-state index contributed by atoms with van der Waals surface area (Å²) in [5, 5.41) is 5.94. The van der Waals surface area contributed by atoms with Crippen molar-refractivity contribution in [3.63, 3.8) is 0 Å². The molecule has 0 unspecified atom stereocenters. The number of sulfonamides is 1. The Labute approximate surface area is 145 Å². The molecule has 0 saturated heterocycles. The van der Waals surface area contributed by atoms with Gasteiger partial charge in [0.1, 0.15) is 0 Å². The fraction of sp³-hybridized carbons (Fsp3) is 0.588. The molecule has 6 nitrogen and oxygen atoms in total. The van der Waals surface area contributed by atoms with E-state index >= 15 is 0 Å². The van der Waals surface area contributed by atoms with E-state index in [1.165, 1.54) is 16.4 Å². The molecule has 0 radical (unpaired) electrons. The lowest BCUT2D eigenvalue weighted by Gasteiger charge is -2.24. The molecule has 0 aromatic heterocycles. The van der Waals surface area contributed by atoms with Crippen LogP contribution in [0.15, 0.2) is 29.2 Å². The van der Waals surface area contributed by atoms with E-state index in [0.29, 0.717) is 5.69 Å². The molecule has 0 aliphatic heterocycles. The first-order valence-corrected chi connectivity index (χ1v) is 9.56. The Kier molecular flexibility index (Phi) is 6.95. The van der Waals surface area contributed by atoms with Gasteiger partial charge in [0.05, 0.1) is 11.4 Å². The monoisotopic (exact) mass is 355 g/mol. The van der Waals surface area contributed by atoms with E-state index in [4.69, 9.17) is 0 Å². The van der Waals surface area contributed by atoms with Crippen LogP contribution in [-0.2, 0) is 14.8 Å². The van der Waals surface area contributed by atoms with Gasteiger partial charge in [-0.3, -0.25) is 4.79 Å². The minimum atomic E-state index is -3.51. The van der Waals surface area contributed by atoms with Crippen molar-refractivity contribution in [1.82, 2.24) is 9.62 Å². The van der Waals surface area contributed by atoms with E-state index in [1.807, 2.05) is 27.7 Å². The summed E-state index contributed by atoms with van der Waals surface area (Å²) in [4.78, 5) is 12.2. The molecule has 0 aliphatic rings. The molecular weight excluding hydrogens is 326 g/mol. The summed E-state index contributed by atoms with van der Waals surface area (Å²) in [6, 6.07) is 6.09. The topological polar surface area (TPSA) is 78.5 Å². The number of rotatable bonds is 8. The Morgan fingerprint density at radius 1 is 1.21 bits per heavy atom. The summed E-state index contributed by atoms with van der Waals surface area (Å²) in [5.41, 5.74) is 0.471. The minimum Gasteiger partial charge on any atom is -0.325 e. The van der Waals surface area contributed by atoms with Crippen LogP contribution in [0.1, 0.15) is 41.0 Å². The number of nitrogens with zero attached hydrogens (tertiary/aromatic N) is 1. The maximum absolute atomic E-state index is 12.4. The Balaban J connectivity index is 2.73. The van der Waals surface area contributed by atoms with Gasteiger partial charge in [-0.05, 0) is 58.4 Å². The highest BCUT2D eigenvalue weighted by molar-refractivity contribution is 7.89. The van der Waals surface area contributed by atoms with Crippen molar-refractivity contribution in [1.29, 1.82) is 0 Å². The molecule has 0 fully saturated rings. The molecule has 0 spiro atoms. The quantitative estimate of drug-likeness (QED) is 0.751. The fourth-order valence-corrected chi connectivity index (χ4v) is 3.17. The Morgan fingerprint density at radius 2 is 1.75 bits per heavy atom. The van der Waals surface area contributed by atoms with Gasteiger partial charge in [0.25, 0.3) is 0 Å². The molecule has 2 N–H and O–H groups in total. The van der Waals surface area contributed by atoms with Crippen molar-refractivity contribution in [2.75, 3.05) is 18.9 Å². The van der Waals surface area contributed by atoms with Gasteiger partial charge in [-0.1, -0.05) is 6.92 Å². The van der Waals surface area contributed by atoms with Crippen LogP contribution in [0, 0.1) is 0 Å². The van der Waals surface area contributed by atoms with Crippen molar-refractivity contribution in [2.45, 2.75) is 57.5 Å². The van der Waals surface area contributed by atoms with Crippen LogP contribution in [0.2, 0.25) is 0 Å². The van der Waals surface area contributed by atoms with Crippen molar-refractivity contribution in [2.24, 2.45) is 0 Å². The number of hydrogen-bond donors (Lipinski definition) is 2. The van der Waals surface area contributed by atoms with E-state index in [9.17, 15) is 13.2 Å². The summed E-state index contributed by atoms with van der Waals surface area (Å²) in [6.45, 7) is 9.96. The summed E-state index contributed by atoms with van der Waals surface area (Å²) in [5.74, 6) is -0.161. The lowest BCUT2D eigenvalue weighted by Crippen LogP contribution is -2.43. The van der Waals surface area contributed by atoms with Crippen LogP contribution >= 0.6 is 0 Å². The van der Waals surface area contributed by atoms with E-state index < -0.39 is 10.0 Å². The van der Waals surface area contributed by atoms with Gasteiger partial charge in [0.2, 0.25) is 15.9 Å². The van der Waals surface area contributed by atoms with E-state index in [1.54, 1.807) is 19.2 Å². The fourth-order valence-electron chi connectivity index (χ4n) is 1.80. The van der Waals surface area contributed by atoms with Crippen LogP contribution in [0.25, 0.3) is 0 Å². The third kappa shape index (κ3) is 5.58. The average molecular weight is 356 g/mol. The van der Waals surface area contributed by atoms with E-state index in [2.05, 4.69) is 17.6 Å². The zero-order valence-corrected chi connectivity index (χ0v) is 16.2. The van der Waals surface area contributed by atoms with Crippen LogP contribution in [0.4, 0.5) is 5.69 Å². The first kappa shape index (κ1) is 20.6. The second-order valence-electron chi connectivity index (χ2n) is 6.78. The first-order valence-electron chi connectivity index (χ1n) is 8.12. The molecule has 1 rings (SSSR count). The number of nitrogens with one attached hydrogen (secondary N) is 2. The molecule has 0 bridgehead atoms. The van der Waals surface area contributed by atoms with Crippen molar-refractivity contribution in [3.8, 4) is 0 Å². The summed E-state index contributed by atoms with van der Waals surface area (Å²) < 4.78 is 26.1. The Morgan fingerprint density at radius 3 is 2.21 bits per heavy atom. The molecular formula is C17H29N3O3S. The zero-order chi connectivity index (χ0) is 18.5. The normalized spacial score (nSPS) is 12.7. The molecule has 0 atom stereocenters. The van der Waals surface area contributed by atoms with Gasteiger partial charge in [0, 0.05) is 24.3 Å². The molecule has 1 aromatic rings. The van der Waals surface area contributed by atoms with Crippen LogP contribution in [0.3, 0.4) is 0 Å². The zero-order valence-electron chi connectivity index (χ0n) is 15.4. The Hall–Kier alpha value is -1.44. The van der Waals surface area contributed by atoms with Gasteiger partial charge in [-0.15, -0.1) is 0 Å². The smallest absolute Gasteiger partial charge is 0.243 e. The largest absolute Gasteiger partial charge is 0.325 e. The molecule has 1 aromatic carbocycles.